The van der Waals surface area contributed by atoms with Crippen molar-refractivity contribution in [2.75, 3.05) is 0 Å². The van der Waals surface area contributed by atoms with E-state index >= 15 is 0 Å². The highest BCUT2D eigenvalue weighted by atomic mass is 16.3. The van der Waals surface area contributed by atoms with Gasteiger partial charge in [-0.05, 0) is 151 Å². The van der Waals surface area contributed by atoms with Crippen LogP contribution in [0.1, 0.15) is 0 Å². The molecule has 17 aromatic carbocycles. The van der Waals surface area contributed by atoms with Gasteiger partial charge in [0.15, 0.2) is 34.9 Å². The zero-order valence-electron chi connectivity index (χ0n) is 60.0. The SMILES string of the molecule is c1ccc(-c2cc(-c3ccc(-c4cccc(-c5nc(-c6ccccc6)nc(-c6ccc7c(c6)oc6cc8c(cc67)c6ccccc6n8-c6ccc7c8ccccc8c8ccccc8c7c6)n5)c4)cc3)cc(-n3c4ccccc4c4cc5c(cc43)oc3cc(-c4nc(-c6ccccc6)nc(-c6ccccc6)n4)ccc35)c2)cc1. The highest BCUT2D eigenvalue weighted by Gasteiger charge is 2.24. The summed E-state index contributed by atoms with van der Waals surface area (Å²) >= 11 is 0. The van der Waals surface area contributed by atoms with Crippen LogP contribution in [0.5, 0.6) is 0 Å². The van der Waals surface area contributed by atoms with E-state index in [2.05, 4.69) is 282 Å². The topological polar surface area (TPSA) is 113 Å². The van der Waals surface area contributed by atoms with Gasteiger partial charge in [-0.25, -0.2) is 29.9 Å². The highest BCUT2D eigenvalue weighted by molar-refractivity contribution is 6.26. The van der Waals surface area contributed by atoms with Gasteiger partial charge >= 0.3 is 0 Å². The largest absolute Gasteiger partial charge is 0.456 e. The molecule has 23 aromatic rings. The van der Waals surface area contributed by atoms with E-state index in [4.69, 9.17) is 38.7 Å². The van der Waals surface area contributed by atoms with Crippen LogP contribution in [0, 0.1) is 0 Å². The molecule has 0 saturated carbocycles. The van der Waals surface area contributed by atoms with Gasteiger partial charge in [0.1, 0.15) is 22.3 Å². The van der Waals surface area contributed by atoms with Crippen LogP contribution >= 0.6 is 0 Å². The highest BCUT2D eigenvalue weighted by Crippen LogP contribution is 2.45. The lowest BCUT2D eigenvalue weighted by Gasteiger charge is -2.14. The monoisotopic (exact) mass is 1430 g/mol. The normalized spacial score (nSPS) is 11.9. The van der Waals surface area contributed by atoms with Gasteiger partial charge in [0.05, 0.1) is 22.1 Å². The molecule has 0 aliphatic heterocycles. The lowest BCUT2D eigenvalue weighted by Crippen LogP contribution is -2.00. The molecule has 0 N–H and O–H groups in total. The maximum atomic E-state index is 6.96. The molecular weight excluding hydrogens is 1370 g/mol. The van der Waals surface area contributed by atoms with E-state index in [0.717, 1.165) is 160 Å². The third-order valence-corrected chi connectivity index (χ3v) is 22.4. The van der Waals surface area contributed by atoms with Crippen LogP contribution in [-0.2, 0) is 0 Å². The summed E-state index contributed by atoms with van der Waals surface area (Å²) in [5.41, 5.74) is 21.2. The summed E-state index contributed by atoms with van der Waals surface area (Å²) in [6.07, 6.45) is 0. The van der Waals surface area contributed by atoms with Gasteiger partial charge in [-0.3, -0.25) is 0 Å². The molecule has 0 aliphatic rings. The molecule has 0 amide bonds. The van der Waals surface area contributed by atoms with Gasteiger partial charge < -0.3 is 18.0 Å². The molecule has 6 aromatic heterocycles. The summed E-state index contributed by atoms with van der Waals surface area (Å²) in [4.78, 5) is 30.8. The fourth-order valence-electron chi connectivity index (χ4n) is 17.0. The second-order valence-electron chi connectivity index (χ2n) is 28.9. The maximum Gasteiger partial charge on any atom is 0.164 e. The number of nitrogens with zero attached hydrogens (tertiary/aromatic N) is 8. The Balaban J connectivity index is 0.591. The van der Waals surface area contributed by atoms with E-state index < -0.39 is 0 Å². The Morgan fingerprint density at radius 3 is 0.929 bits per heavy atom. The van der Waals surface area contributed by atoms with Crippen molar-refractivity contribution in [2.24, 2.45) is 0 Å². The van der Waals surface area contributed by atoms with Gasteiger partial charge in [0.25, 0.3) is 0 Å². The molecule has 0 fully saturated rings. The Hall–Kier alpha value is -15.3. The van der Waals surface area contributed by atoms with Crippen molar-refractivity contribution >= 4 is 120 Å². The Morgan fingerprint density at radius 1 is 0.152 bits per heavy atom. The molecular formula is C102H60N8O2. The smallest absolute Gasteiger partial charge is 0.164 e. The third-order valence-electron chi connectivity index (χ3n) is 22.4. The number of para-hydroxylation sites is 2. The number of benzene rings is 17. The van der Waals surface area contributed by atoms with Crippen molar-refractivity contribution in [1.29, 1.82) is 0 Å². The minimum Gasteiger partial charge on any atom is -0.456 e. The van der Waals surface area contributed by atoms with Crippen molar-refractivity contribution in [1.82, 2.24) is 39.0 Å². The van der Waals surface area contributed by atoms with Crippen LogP contribution < -0.4 is 0 Å². The molecule has 10 nitrogen and oxygen atoms in total. The molecule has 23 rings (SSSR count). The molecule has 0 bridgehead atoms. The summed E-state index contributed by atoms with van der Waals surface area (Å²) in [6, 6.07) is 129. The molecule has 10 heteroatoms. The first kappa shape index (κ1) is 62.9. The zero-order chi connectivity index (χ0) is 73.5. The zero-order valence-corrected chi connectivity index (χ0v) is 60.0. The first-order chi connectivity index (χ1) is 55.4. The lowest BCUT2D eigenvalue weighted by atomic mass is 9.94. The molecule has 0 spiro atoms. The predicted molar refractivity (Wildman–Crippen MR) is 458 cm³/mol. The Morgan fingerprint density at radius 2 is 0.464 bits per heavy atom. The number of hydrogen-bond acceptors (Lipinski definition) is 8. The standard InChI is InChI=1S/C102H60N8O2/c1-5-22-61(23-6-1)71-51-72(53-74(52-71)110-90-39-20-18-37-81(90)86-58-88-83-47-44-69(54-93(83)112-96(88)60-92(86)110)101-105-97(64-24-7-2-8-25-64)103-98(106-101)65-26-9-3-10-27-65)63-42-40-62(41-43-63)67-30-21-31-68(50-67)100-104-99(66-28-11-4-12-29-66)107-102(108-100)70-45-48-82-87-57-85-80-36-17-19-38-89(80)109(91(85)59-95(87)111-94(82)55-70)73-46-49-79-77-34-14-13-32-75(77)76-33-15-16-35-78(76)84(79)56-73/h1-60H. The second kappa shape index (κ2) is 25.2. The van der Waals surface area contributed by atoms with Crippen molar-refractivity contribution in [3.8, 4) is 113 Å². The molecule has 0 radical (unpaired) electrons. The van der Waals surface area contributed by atoms with E-state index in [1.54, 1.807) is 0 Å². The van der Waals surface area contributed by atoms with E-state index in [9.17, 15) is 0 Å². The van der Waals surface area contributed by atoms with Crippen LogP contribution in [0.4, 0.5) is 0 Å². The van der Waals surface area contributed by atoms with Gasteiger partial charge in [-0.1, -0.05) is 267 Å². The first-order valence-electron chi connectivity index (χ1n) is 37.7. The second-order valence-corrected chi connectivity index (χ2v) is 28.9. The molecule has 112 heavy (non-hydrogen) atoms. The van der Waals surface area contributed by atoms with Gasteiger partial charge in [0.2, 0.25) is 0 Å². The molecule has 0 aliphatic carbocycles. The minimum absolute atomic E-state index is 0.545. The maximum absolute atomic E-state index is 6.96. The van der Waals surface area contributed by atoms with E-state index in [1.165, 1.54) is 37.7 Å². The summed E-state index contributed by atoms with van der Waals surface area (Å²) in [5.74, 6) is 3.47. The van der Waals surface area contributed by atoms with Crippen molar-refractivity contribution in [3.63, 3.8) is 0 Å². The number of furan rings is 2. The molecule has 0 unspecified atom stereocenters. The average molecular weight is 1430 g/mol. The number of hydrogen-bond donors (Lipinski definition) is 0. The summed E-state index contributed by atoms with van der Waals surface area (Å²) in [7, 11) is 0. The van der Waals surface area contributed by atoms with Crippen molar-refractivity contribution in [2.45, 2.75) is 0 Å². The molecule has 0 saturated heterocycles. The van der Waals surface area contributed by atoms with Gasteiger partial charge in [-0.15, -0.1) is 0 Å². The molecule has 520 valence electrons. The Kier molecular flexibility index (Phi) is 14.1. The minimum atomic E-state index is 0.545. The van der Waals surface area contributed by atoms with Crippen molar-refractivity contribution < 1.29 is 8.83 Å². The fourth-order valence-corrected chi connectivity index (χ4v) is 17.0. The first-order valence-corrected chi connectivity index (χ1v) is 37.7. The van der Waals surface area contributed by atoms with E-state index in [1.807, 2.05) is 91.0 Å². The van der Waals surface area contributed by atoms with Crippen LogP contribution in [-0.4, -0.2) is 39.0 Å². The quantitative estimate of drug-likeness (QED) is 0.118. The van der Waals surface area contributed by atoms with Crippen LogP contribution in [0.15, 0.2) is 373 Å². The van der Waals surface area contributed by atoms with Crippen LogP contribution in [0.2, 0.25) is 0 Å². The van der Waals surface area contributed by atoms with Crippen LogP contribution in [0.25, 0.3) is 233 Å². The van der Waals surface area contributed by atoms with Gasteiger partial charge in [0, 0.05) is 100.0 Å². The fraction of sp³-hybridized carbons (Fsp3) is 0. The number of fused-ring (bicyclic) bond motifs is 18. The number of rotatable bonds is 11. The molecule has 6 heterocycles. The summed E-state index contributed by atoms with van der Waals surface area (Å²) in [5, 5.41) is 16.2. The van der Waals surface area contributed by atoms with Crippen molar-refractivity contribution in [3.05, 3.63) is 364 Å². The van der Waals surface area contributed by atoms with Gasteiger partial charge in [-0.2, -0.15) is 0 Å². The van der Waals surface area contributed by atoms with Crippen LogP contribution in [0.3, 0.4) is 0 Å². The summed E-state index contributed by atoms with van der Waals surface area (Å²) in [6.45, 7) is 0. The summed E-state index contributed by atoms with van der Waals surface area (Å²) < 4.78 is 18.7. The average Bonchev–Trinajstić information content (AvgIpc) is 1.53. The Labute approximate surface area is 640 Å². The molecule has 0 atom stereocenters. The number of aromatic nitrogens is 8. The van der Waals surface area contributed by atoms with E-state index in [-0.39, 0.29) is 0 Å². The lowest BCUT2D eigenvalue weighted by molar-refractivity contribution is 0.669. The Bertz CT molecular complexity index is 7710. The predicted octanol–water partition coefficient (Wildman–Crippen LogP) is 26.5. The third kappa shape index (κ3) is 10.3. The van der Waals surface area contributed by atoms with E-state index in [0.29, 0.717) is 34.9 Å².